The van der Waals surface area contributed by atoms with Gasteiger partial charge in [-0.05, 0) is 41.8 Å². The van der Waals surface area contributed by atoms with Crippen LogP contribution < -0.4 is 15.2 Å². The standard InChI is InChI=1S/C15H17NO2/c1-17-14-8-5-12(10-15(14)18-2)9-11-3-6-13(16)7-4-11/h3-8,10H,9,16H2,1-2H3. The van der Waals surface area contributed by atoms with Gasteiger partial charge in [-0.1, -0.05) is 18.2 Å². The third-order valence-electron chi connectivity index (χ3n) is 2.84. The summed E-state index contributed by atoms with van der Waals surface area (Å²) in [4.78, 5) is 0. The van der Waals surface area contributed by atoms with Crippen molar-refractivity contribution in [3.8, 4) is 11.5 Å². The number of nitrogen functional groups attached to an aromatic ring is 1. The molecule has 0 bridgehead atoms. The maximum atomic E-state index is 5.67. The Morgan fingerprint density at radius 2 is 1.44 bits per heavy atom. The van der Waals surface area contributed by atoms with Gasteiger partial charge >= 0.3 is 0 Å². The Bertz CT molecular complexity index is 521. The van der Waals surface area contributed by atoms with Gasteiger partial charge in [-0.15, -0.1) is 0 Å². The van der Waals surface area contributed by atoms with Gasteiger partial charge in [0, 0.05) is 5.69 Å². The van der Waals surface area contributed by atoms with Gasteiger partial charge in [0.05, 0.1) is 14.2 Å². The largest absolute Gasteiger partial charge is 0.493 e. The van der Waals surface area contributed by atoms with Crippen molar-refractivity contribution in [3.05, 3.63) is 53.6 Å². The van der Waals surface area contributed by atoms with Gasteiger partial charge in [0.2, 0.25) is 0 Å². The van der Waals surface area contributed by atoms with Crippen molar-refractivity contribution in [2.45, 2.75) is 6.42 Å². The minimum atomic E-state index is 0.749. The monoisotopic (exact) mass is 243 g/mol. The molecule has 0 atom stereocenters. The fraction of sp³-hybridized carbons (Fsp3) is 0.200. The average Bonchev–Trinajstić information content (AvgIpc) is 2.41. The zero-order valence-electron chi connectivity index (χ0n) is 10.6. The molecule has 3 heteroatoms. The van der Waals surface area contributed by atoms with Crippen LogP contribution in [-0.4, -0.2) is 14.2 Å². The number of hydrogen-bond donors (Lipinski definition) is 1. The second-order valence-electron chi connectivity index (χ2n) is 4.11. The number of nitrogens with two attached hydrogens (primary N) is 1. The van der Waals surface area contributed by atoms with Gasteiger partial charge in [0.1, 0.15) is 0 Å². The van der Waals surface area contributed by atoms with E-state index in [1.54, 1.807) is 14.2 Å². The molecule has 0 fully saturated rings. The molecule has 0 spiro atoms. The molecule has 2 N–H and O–H groups in total. The van der Waals surface area contributed by atoms with E-state index in [4.69, 9.17) is 15.2 Å². The van der Waals surface area contributed by atoms with Crippen molar-refractivity contribution >= 4 is 5.69 Å². The highest BCUT2D eigenvalue weighted by molar-refractivity contribution is 5.45. The topological polar surface area (TPSA) is 44.5 Å². The first-order valence-electron chi connectivity index (χ1n) is 5.78. The summed E-state index contributed by atoms with van der Waals surface area (Å²) in [5, 5.41) is 0. The molecule has 0 unspecified atom stereocenters. The van der Waals surface area contributed by atoms with Crippen molar-refractivity contribution in [2.75, 3.05) is 20.0 Å². The maximum absolute atomic E-state index is 5.67. The second-order valence-corrected chi connectivity index (χ2v) is 4.11. The summed E-state index contributed by atoms with van der Waals surface area (Å²) >= 11 is 0. The van der Waals surface area contributed by atoms with Crippen LogP contribution in [0.1, 0.15) is 11.1 Å². The van der Waals surface area contributed by atoms with Gasteiger partial charge in [0.25, 0.3) is 0 Å². The van der Waals surface area contributed by atoms with Crippen LogP contribution in [0.3, 0.4) is 0 Å². The molecule has 0 amide bonds. The Morgan fingerprint density at radius 1 is 0.833 bits per heavy atom. The fourth-order valence-electron chi connectivity index (χ4n) is 1.86. The lowest BCUT2D eigenvalue weighted by Crippen LogP contribution is -1.94. The molecule has 0 heterocycles. The Hall–Kier alpha value is -2.16. The van der Waals surface area contributed by atoms with Crippen molar-refractivity contribution in [3.63, 3.8) is 0 Å². The highest BCUT2D eigenvalue weighted by Crippen LogP contribution is 2.28. The third-order valence-corrected chi connectivity index (χ3v) is 2.84. The normalized spacial score (nSPS) is 10.1. The lowest BCUT2D eigenvalue weighted by atomic mass is 10.0. The molecule has 0 radical (unpaired) electrons. The Morgan fingerprint density at radius 3 is 2.06 bits per heavy atom. The Kier molecular flexibility index (Phi) is 3.72. The summed E-state index contributed by atoms with van der Waals surface area (Å²) in [6.45, 7) is 0. The minimum Gasteiger partial charge on any atom is -0.493 e. The first-order valence-corrected chi connectivity index (χ1v) is 5.78. The minimum absolute atomic E-state index is 0.749. The predicted octanol–water partition coefficient (Wildman–Crippen LogP) is 2.88. The Labute approximate surface area is 107 Å². The summed E-state index contributed by atoms with van der Waals surface area (Å²) in [6.07, 6.45) is 0.848. The molecule has 3 nitrogen and oxygen atoms in total. The first kappa shape index (κ1) is 12.3. The molecule has 18 heavy (non-hydrogen) atoms. The van der Waals surface area contributed by atoms with E-state index in [9.17, 15) is 0 Å². The lowest BCUT2D eigenvalue weighted by molar-refractivity contribution is 0.354. The van der Waals surface area contributed by atoms with Gasteiger partial charge in [-0.25, -0.2) is 0 Å². The number of ether oxygens (including phenoxy) is 2. The molecule has 0 aliphatic rings. The number of hydrogen-bond acceptors (Lipinski definition) is 3. The van der Waals surface area contributed by atoms with Crippen LogP contribution >= 0.6 is 0 Å². The second kappa shape index (κ2) is 5.45. The quantitative estimate of drug-likeness (QED) is 0.840. The fourth-order valence-corrected chi connectivity index (χ4v) is 1.86. The molecule has 2 aromatic carbocycles. The SMILES string of the molecule is COc1ccc(Cc2ccc(N)cc2)cc1OC. The molecule has 0 aliphatic heterocycles. The van der Waals surface area contributed by atoms with E-state index in [1.807, 2.05) is 42.5 Å². The summed E-state index contributed by atoms with van der Waals surface area (Å²) in [5.41, 5.74) is 8.85. The van der Waals surface area contributed by atoms with Crippen molar-refractivity contribution in [2.24, 2.45) is 0 Å². The molecule has 2 aromatic rings. The molecular weight excluding hydrogens is 226 g/mol. The summed E-state index contributed by atoms with van der Waals surface area (Å²) in [7, 11) is 3.28. The summed E-state index contributed by atoms with van der Waals surface area (Å²) in [5.74, 6) is 1.50. The molecule has 94 valence electrons. The van der Waals surface area contributed by atoms with Gasteiger partial charge in [-0.2, -0.15) is 0 Å². The van der Waals surface area contributed by atoms with E-state index in [0.29, 0.717) is 0 Å². The molecule has 0 aromatic heterocycles. The van der Waals surface area contributed by atoms with Crippen molar-refractivity contribution in [1.82, 2.24) is 0 Å². The molecule has 0 saturated heterocycles. The first-order chi connectivity index (χ1) is 8.72. The maximum Gasteiger partial charge on any atom is 0.160 e. The number of benzene rings is 2. The van der Waals surface area contributed by atoms with E-state index in [-0.39, 0.29) is 0 Å². The van der Waals surface area contributed by atoms with E-state index >= 15 is 0 Å². The Balaban J connectivity index is 2.21. The van der Waals surface area contributed by atoms with Crippen molar-refractivity contribution < 1.29 is 9.47 Å². The van der Waals surface area contributed by atoms with Crippen LogP contribution in [-0.2, 0) is 6.42 Å². The van der Waals surface area contributed by atoms with Crippen molar-refractivity contribution in [1.29, 1.82) is 0 Å². The van der Waals surface area contributed by atoms with E-state index < -0.39 is 0 Å². The highest BCUT2D eigenvalue weighted by atomic mass is 16.5. The molecule has 0 saturated carbocycles. The van der Waals surface area contributed by atoms with E-state index in [2.05, 4.69) is 0 Å². The van der Waals surface area contributed by atoms with Gasteiger partial charge in [-0.3, -0.25) is 0 Å². The van der Waals surface area contributed by atoms with Crippen LogP contribution in [0.2, 0.25) is 0 Å². The van der Waals surface area contributed by atoms with E-state index in [1.165, 1.54) is 11.1 Å². The predicted molar refractivity (Wildman–Crippen MR) is 73.2 cm³/mol. The van der Waals surface area contributed by atoms with E-state index in [0.717, 1.165) is 23.6 Å². The molecule has 2 rings (SSSR count). The highest BCUT2D eigenvalue weighted by Gasteiger charge is 2.05. The smallest absolute Gasteiger partial charge is 0.160 e. The lowest BCUT2D eigenvalue weighted by Gasteiger charge is -2.09. The number of rotatable bonds is 4. The zero-order chi connectivity index (χ0) is 13.0. The summed E-state index contributed by atoms with van der Waals surface area (Å²) in [6, 6.07) is 13.8. The van der Waals surface area contributed by atoms with Crippen LogP contribution in [0.25, 0.3) is 0 Å². The number of methoxy groups -OCH3 is 2. The van der Waals surface area contributed by atoms with Crippen LogP contribution in [0, 0.1) is 0 Å². The zero-order valence-corrected chi connectivity index (χ0v) is 10.6. The molecule has 0 aliphatic carbocycles. The van der Waals surface area contributed by atoms with Gasteiger partial charge < -0.3 is 15.2 Å². The van der Waals surface area contributed by atoms with Crippen LogP contribution in [0.15, 0.2) is 42.5 Å². The van der Waals surface area contributed by atoms with Crippen LogP contribution in [0.4, 0.5) is 5.69 Å². The third kappa shape index (κ3) is 2.74. The van der Waals surface area contributed by atoms with Gasteiger partial charge in [0.15, 0.2) is 11.5 Å². The van der Waals surface area contributed by atoms with Crippen LogP contribution in [0.5, 0.6) is 11.5 Å². The number of anilines is 1. The molecular formula is C15H17NO2. The summed E-state index contributed by atoms with van der Waals surface area (Å²) < 4.78 is 10.5. The average molecular weight is 243 g/mol.